The van der Waals surface area contributed by atoms with Crippen molar-refractivity contribution in [2.24, 2.45) is 11.7 Å². The summed E-state index contributed by atoms with van der Waals surface area (Å²) in [6.45, 7) is 3.67. The van der Waals surface area contributed by atoms with Gasteiger partial charge in [0.25, 0.3) is 0 Å². The number of nitrogens with two attached hydrogens (primary N) is 1. The fourth-order valence-electron chi connectivity index (χ4n) is 3.81. The Hall–Kier alpha value is -1.97. The Morgan fingerprint density at radius 2 is 1.83 bits per heavy atom. The predicted molar refractivity (Wildman–Crippen MR) is 117 cm³/mol. The van der Waals surface area contributed by atoms with Crippen molar-refractivity contribution >= 4 is 27.5 Å². The minimum Gasteiger partial charge on any atom is -0.368 e. The van der Waals surface area contributed by atoms with Crippen LogP contribution in [0, 0.1) is 5.92 Å². The number of amides is 2. The van der Waals surface area contributed by atoms with Gasteiger partial charge < -0.3 is 11.1 Å². The zero-order valence-corrected chi connectivity index (χ0v) is 18.9. The number of carbonyl (C=O) groups excluding carboxylic acids is 2. The highest BCUT2D eigenvalue weighted by Gasteiger charge is 2.31. The van der Waals surface area contributed by atoms with Crippen LogP contribution in [0.2, 0.25) is 0 Å². The van der Waals surface area contributed by atoms with Gasteiger partial charge in [0.2, 0.25) is 21.8 Å². The van der Waals surface area contributed by atoms with Crippen LogP contribution in [0.25, 0.3) is 0 Å². The first-order valence-corrected chi connectivity index (χ1v) is 12.0. The van der Waals surface area contributed by atoms with Crippen LogP contribution in [0.1, 0.15) is 52.4 Å². The van der Waals surface area contributed by atoms with Gasteiger partial charge in [-0.05, 0) is 30.9 Å². The maximum atomic E-state index is 13.2. The molecule has 0 saturated heterocycles. The van der Waals surface area contributed by atoms with Crippen LogP contribution >= 0.6 is 0 Å². The first kappa shape index (κ1) is 24.3. The number of para-hydroxylation sites is 1. The lowest BCUT2D eigenvalue weighted by Crippen LogP contribution is -2.48. The van der Waals surface area contributed by atoms with Gasteiger partial charge in [-0.1, -0.05) is 51.7 Å². The van der Waals surface area contributed by atoms with Gasteiger partial charge in [-0.2, -0.15) is 4.31 Å². The molecule has 1 saturated carbocycles. The summed E-state index contributed by atoms with van der Waals surface area (Å²) in [7, 11) is -2.15. The lowest BCUT2D eigenvalue weighted by molar-refractivity contribution is -0.121. The minimum atomic E-state index is -3.75. The van der Waals surface area contributed by atoms with Gasteiger partial charge in [0.05, 0.1) is 18.3 Å². The van der Waals surface area contributed by atoms with E-state index in [0.29, 0.717) is 0 Å². The van der Waals surface area contributed by atoms with Crippen molar-refractivity contribution in [3.05, 3.63) is 24.3 Å². The summed E-state index contributed by atoms with van der Waals surface area (Å²) in [5, 5.41) is 5.54. The Balaban J connectivity index is 2.12. The van der Waals surface area contributed by atoms with Gasteiger partial charge in [-0.15, -0.1) is 0 Å². The van der Waals surface area contributed by atoms with Crippen LogP contribution in [0.3, 0.4) is 0 Å². The normalized spacial score (nSPS) is 17.5. The summed E-state index contributed by atoms with van der Waals surface area (Å²) >= 11 is 0. The second-order valence-corrected chi connectivity index (χ2v) is 9.97. The van der Waals surface area contributed by atoms with Crippen LogP contribution in [-0.4, -0.2) is 50.2 Å². The van der Waals surface area contributed by atoms with E-state index in [0.717, 1.165) is 38.5 Å². The summed E-state index contributed by atoms with van der Waals surface area (Å²) in [5.74, 6) is -0.978. The van der Waals surface area contributed by atoms with Gasteiger partial charge in [0.15, 0.2) is 0 Å². The molecule has 0 heterocycles. The smallest absolute Gasteiger partial charge is 0.245 e. The van der Waals surface area contributed by atoms with E-state index in [9.17, 15) is 18.0 Å². The molecule has 2 rings (SSSR count). The van der Waals surface area contributed by atoms with Crippen LogP contribution in [0.15, 0.2) is 29.2 Å². The average molecular weight is 439 g/mol. The molecule has 0 spiro atoms. The van der Waals surface area contributed by atoms with Crippen LogP contribution in [0.5, 0.6) is 0 Å². The Morgan fingerprint density at radius 3 is 2.43 bits per heavy atom. The minimum absolute atomic E-state index is 0.0212. The number of nitrogens with zero attached hydrogens (tertiary/aromatic N) is 1. The Morgan fingerprint density at radius 1 is 1.20 bits per heavy atom. The summed E-state index contributed by atoms with van der Waals surface area (Å²) < 4.78 is 27.9. The molecule has 1 aliphatic rings. The molecule has 1 fully saturated rings. The molecule has 4 N–H and O–H groups in total. The molecule has 1 aliphatic carbocycles. The highest BCUT2D eigenvalue weighted by atomic mass is 32.2. The number of primary amides is 1. The molecule has 0 bridgehead atoms. The molecule has 2 atom stereocenters. The van der Waals surface area contributed by atoms with E-state index in [2.05, 4.69) is 10.6 Å². The van der Waals surface area contributed by atoms with E-state index in [1.165, 1.54) is 10.4 Å². The van der Waals surface area contributed by atoms with Gasteiger partial charge in [-0.3, -0.25) is 14.9 Å². The first-order chi connectivity index (χ1) is 14.2. The summed E-state index contributed by atoms with van der Waals surface area (Å²) in [5.41, 5.74) is 5.65. The first-order valence-electron chi connectivity index (χ1n) is 10.6. The van der Waals surface area contributed by atoms with E-state index in [1.807, 2.05) is 13.8 Å². The summed E-state index contributed by atoms with van der Waals surface area (Å²) in [4.78, 5) is 24.2. The highest BCUT2D eigenvalue weighted by molar-refractivity contribution is 7.89. The van der Waals surface area contributed by atoms with Crippen molar-refractivity contribution in [2.75, 3.05) is 18.9 Å². The van der Waals surface area contributed by atoms with Crippen molar-refractivity contribution in [2.45, 2.75) is 69.4 Å². The summed E-state index contributed by atoms with van der Waals surface area (Å²) in [6.07, 6.45) is 5.60. The Kier molecular flexibility index (Phi) is 8.81. The summed E-state index contributed by atoms with van der Waals surface area (Å²) in [6, 6.07) is 5.73. The van der Waals surface area contributed by atoms with Gasteiger partial charge in [-0.25, -0.2) is 8.42 Å². The van der Waals surface area contributed by atoms with E-state index in [-0.39, 0.29) is 29.1 Å². The predicted octanol–water partition coefficient (Wildman–Crippen LogP) is 2.07. The highest BCUT2D eigenvalue weighted by Crippen LogP contribution is 2.29. The van der Waals surface area contributed by atoms with Crippen molar-refractivity contribution in [1.29, 1.82) is 0 Å². The molecule has 168 valence electrons. The molecule has 8 nitrogen and oxygen atoms in total. The number of nitrogens with one attached hydrogen (secondary N) is 2. The molecule has 1 aromatic carbocycles. The molecule has 9 heteroatoms. The number of benzene rings is 1. The standard InChI is InChI=1S/C21H34N4O4S/c1-4-15(2)20(21(22)27)23-14-19(26)24-17-12-8-9-13-18(17)30(28,29)25(3)16-10-6-5-7-11-16/h8-9,12-13,15-16,20,23H,4-7,10-11,14H2,1-3H3,(H2,22,27)(H,24,26)/t15-,20-/m1/s1. The number of anilines is 1. The number of hydrogen-bond donors (Lipinski definition) is 3. The number of rotatable bonds is 10. The van der Waals surface area contributed by atoms with Crippen LogP contribution in [-0.2, 0) is 19.6 Å². The van der Waals surface area contributed by atoms with Gasteiger partial charge in [0.1, 0.15) is 4.90 Å². The molecule has 2 amide bonds. The van der Waals surface area contributed by atoms with E-state index in [4.69, 9.17) is 5.73 Å². The van der Waals surface area contributed by atoms with E-state index >= 15 is 0 Å². The van der Waals surface area contributed by atoms with Crippen LogP contribution < -0.4 is 16.4 Å². The molecule has 0 radical (unpaired) electrons. The zero-order chi connectivity index (χ0) is 22.3. The van der Waals surface area contributed by atoms with Crippen molar-refractivity contribution < 1.29 is 18.0 Å². The molecule has 30 heavy (non-hydrogen) atoms. The monoisotopic (exact) mass is 438 g/mol. The maximum absolute atomic E-state index is 13.2. The fourth-order valence-corrected chi connectivity index (χ4v) is 5.37. The van der Waals surface area contributed by atoms with Gasteiger partial charge >= 0.3 is 0 Å². The van der Waals surface area contributed by atoms with Crippen molar-refractivity contribution in [1.82, 2.24) is 9.62 Å². The maximum Gasteiger partial charge on any atom is 0.245 e. The average Bonchev–Trinajstić information content (AvgIpc) is 2.73. The number of sulfonamides is 1. The van der Waals surface area contributed by atoms with Crippen LogP contribution in [0.4, 0.5) is 5.69 Å². The second-order valence-electron chi connectivity index (χ2n) is 8.00. The lowest BCUT2D eigenvalue weighted by atomic mass is 9.96. The molecule has 0 aromatic heterocycles. The quantitative estimate of drug-likeness (QED) is 0.516. The van der Waals surface area contributed by atoms with E-state index < -0.39 is 27.9 Å². The topological polar surface area (TPSA) is 122 Å². The Labute approximate surface area is 179 Å². The molecule has 1 aromatic rings. The SMILES string of the molecule is CC[C@@H](C)[C@@H](NCC(=O)Nc1ccccc1S(=O)(=O)N(C)C1CCCCC1)C(N)=O. The lowest BCUT2D eigenvalue weighted by Gasteiger charge is -2.31. The Bertz CT molecular complexity index is 837. The third kappa shape index (κ3) is 6.02. The van der Waals surface area contributed by atoms with E-state index in [1.54, 1.807) is 25.2 Å². The third-order valence-corrected chi connectivity index (χ3v) is 7.88. The molecule has 0 unspecified atom stereocenters. The largest absolute Gasteiger partial charge is 0.368 e. The molecular formula is C21H34N4O4S. The third-order valence-electron chi connectivity index (χ3n) is 5.91. The van der Waals surface area contributed by atoms with Crippen molar-refractivity contribution in [3.63, 3.8) is 0 Å². The zero-order valence-electron chi connectivity index (χ0n) is 18.1. The second kappa shape index (κ2) is 10.9. The van der Waals surface area contributed by atoms with Gasteiger partial charge in [0, 0.05) is 13.1 Å². The number of hydrogen-bond acceptors (Lipinski definition) is 5. The van der Waals surface area contributed by atoms with Crippen molar-refractivity contribution in [3.8, 4) is 0 Å². The number of carbonyl (C=O) groups is 2. The molecular weight excluding hydrogens is 404 g/mol. The molecule has 0 aliphatic heterocycles. The fraction of sp³-hybridized carbons (Fsp3) is 0.619.